The first-order valence-electron chi connectivity index (χ1n) is 4.85. The van der Waals surface area contributed by atoms with Gasteiger partial charge in [0, 0.05) is 6.07 Å². The molecule has 1 saturated heterocycles. The fourth-order valence-corrected chi connectivity index (χ4v) is 1.17. The van der Waals surface area contributed by atoms with Gasteiger partial charge in [-0.25, -0.2) is 0 Å². The van der Waals surface area contributed by atoms with Crippen LogP contribution in [-0.2, 0) is 4.74 Å². The van der Waals surface area contributed by atoms with E-state index in [1.54, 1.807) is 0 Å². The Morgan fingerprint density at radius 2 is 2.07 bits per heavy atom. The van der Waals surface area contributed by atoms with Crippen LogP contribution < -0.4 is 9.47 Å². The summed E-state index contributed by atoms with van der Waals surface area (Å²) in [5, 5.41) is 0. The number of rotatable bonds is 5. The fraction of sp³-hybridized carbons (Fsp3) is 0.455. The van der Waals surface area contributed by atoms with Gasteiger partial charge in [-0.05, 0) is 19.1 Å². The van der Waals surface area contributed by atoms with Gasteiger partial charge in [-0.2, -0.15) is 0 Å². The molecule has 1 heterocycles. The second-order valence-corrected chi connectivity index (χ2v) is 3.17. The number of hydrogen-bond acceptors (Lipinski definition) is 3. The molecule has 76 valence electrons. The van der Waals surface area contributed by atoms with Crippen molar-refractivity contribution < 1.29 is 14.2 Å². The van der Waals surface area contributed by atoms with Crippen molar-refractivity contribution in [3.63, 3.8) is 0 Å². The van der Waals surface area contributed by atoms with E-state index in [-0.39, 0.29) is 0 Å². The monoisotopic (exact) mass is 194 g/mol. The predicted octanol–water partition coefficient (Wildman–Crippen LogP) is 1.86. The number of benzene rings is 1. The third kappa shape index (κ3) is 2.64. The van der Waals surface area contributed by atoms with E-state index in [4.69, 9.17) is 14.2 Å². The average Bonchev–Trinajstić information content (AvgIpc) is 2.99. The van der Waals surface area contributed by atoms with Crippen LogP contribution in [0.25, 0.3) is 0 Å². The molecule has 3 heteroatoms. The topological polar surface area (TPSA) is 31.0 Å². The van der Waals surface area contributed by atoms with Crippen molar-refractivity contribution in [2.45, 2.75) is 13.0 Å². The molecule has 14 heavy (non-hydrogen) atoms. The zero-order chi connectivity index (χ0) is 9.80. The first kappa shape index (κ1) is 9.34. The molecule has 1 unspecified atom stereocenters. The molecular formula is C11H14O3. The van der Waals surface area contributed by atoms with Crippen LogP contribution in [0.15, 0.2) is 24.3 Å². The lowest BCUT2D eigenvalue weighted by Crippen LogP contribution is -2.04. The van der Waals surface area contributed by atoms with Crippen molar-refractivity contribution in [2.24, 2.45) is 0 Å². The molecule has 0 bridgehead atoms. The van der Waals surface area contributed by atoms with Gasteiger partial charge in [0.25, 0.3) is 0 Å². The van der Waals surface area contributed by atoms with Gasteiger partial charge in [-0.3, -0.25) is 0 Å². The summed E-state index contributed by atoms with van der Waals surface area (Å²) in [5.74, 6) is 1.69. The van der Waals surface area contributed by atoms with E-state index < -0.39 is 0 Å². The highest BCUT2D eigenvalue weighted by molar-refractivity contribution is 5.32. The zero-order valence-corrected chi connectivity index (χ0v) is 8.23. The summed E-state index contributed by atoms with van der Waals surface area (Å²) in [5.41, 5.74) is 0. The Bertz CT molecular complexity index is 294. The maximum atomic E-state index is 5.51. The van der Waals surface area contributed by atoms with Crippen LogP contribution in [0.1, 0.15) is 6.92 Å². The SMILES string of the molecule is CCOc1cccc(OCC2CO2)c1. The highest BCUT2D eigenvalue weighted by Crippen LogP contribution is 2.20. The van der Waals surface area contributed by atoms with Gasteiger partial charge < -0.3 is 14.2 Å². The molecule has 1 aliphatic rings. The average molecular weight is 194 g/mol. The maximum absolute atomic E-state index is 5.51. The summed E-state index contributed by atoms with van der Waals surface area (Å²) in [4.78, 5) is 0. The molecule has 1 aromatic carbocycles. The second-order valence-electron chi connectivity index (χ2n) is 3.17. The van der Waals surface area contributed by atoms with E-state index in [0.717, 1.165) is 18.1 Å². The van der Waals surface area contributed by atoms with Crippen LogP contribution in [0.3, 0.4) is 0 Å². The minimum Gasteiger partial charge on any atom is -0.494 e. The first-order valence-corrected chi connectivity index (χ1v) is 4.85. The van der Waals surface area contributed by atoms with Crippen LogP contribution in [0.4, 0.5) is 0 Å². The second kappa shape index (κ2) is 4.33. The van der Waals surface area contributed by atoms with Gasteiger partial charge in [-0.1, -0.05) is 6.07 Å². The molecule has 1 atom stereocenters. The highest BCUT2D eigenvalue weighted by atomic mass is 16.6. The van der Waals surface area contributed by atoms with E-state index in [0.29, 0.717) is 19.3 Å². The quantitative estimate of drug-likeness (QED) is 0.670. The molecule has 0 radical (unpaired) electrons. The minimum absolute atomic E-state index is 0.297. The number of epoxide rings is 1. The Labute approximate surface area is 83.6 Å². The Hall–Kier alpha value is -1.22. The molecule has 0 N–H and O–H groups in total. The summed E-state index contributed by atoms with van der Waals surface area (Å²) < 4.78 is 15.9. The summed E-state index contributed by atoms with van der Waals surface area (Å²) in [6, 6.07) is 7.66. The lowest BCUT2D eigenvalue weighted by Gasteiger charge is -2.06. The van der Waals surface area contributed by atoms with Gasteiger partial charge in [0.1, 0.15) is 24.2 Å². The molecule has 0 spiro atoms. The molecule has 0 aliphatic carbocycles. The van der Waals surface area contributed by atoms with Crippen molar-refractivity contribution in [3.05, 3.63) is 24.3 Å². The van der Waals surface area contributed by atoms with Crippen LogP contribution in [0.2, 0.25) is 0 Å². The lowest BCUT2D eigenvalue weighted by atomic mass is 10.3. The van der Waals surface area contributed by atoms with Crippen molar-refractivity contribution in [1.82, 2.24) is 0 Å². The van der Waals surface area contributed by atoms with Crippen molar-refractivity contribution in [2.75, 3.05) is 19.8 Å². The summed E-state index contributed by atoms with van der Waals surface area (Å²) in [6.45, 7) is 4.10. The minimum atomic E-state index is 0.297. The van der Waals surface area contributed by atoms with E-state index in [1.807, 2.05) is 31.2 Å². The van der Waals surface area contributed by atoms with E-state index in [2.05, 4.69) is 0 Å². The molecular weight excluding hydrogens is 180 g/mol. The number of ether oxygens (including phenoxy) is 3. The third-order valence-corrected chi connectivity index (χ3v) is 1.95. The molecule has 1 aromatic rings. The van der Waals surface area contributed by atoms with Crippen LogP contribution >= 0.6 is 0 Å². The van der Waals surface area contributed by atoms with Gasteiger partial charge in [0.2, 0.25) is 0 Å². The summed E-state index contributed by atoms with van der Waals surface area (Å²) >= 11 is 0. The normalized spacial score (nSPS) is 19.1. The number of hydrogen-bond donors (Lipinski definition) is 0. The molecule has 3 nitrogen and oxygen atoms in total. The maximum Gasteiger partial charge on any atom is 0.123 e. The largest absolute Gasteiger partial charge is 0.494 e. The molecule has 1 fully saturated rings. The Balaban J connectivity index is 1.90. The summed E-state index contributed by atoms with van der Waals surface area (Å²) in [6.07, 6.45) is 0.297. The van der Waals surface area contributed by atoms with E-state index >= 15 is 0 Å². The van der Waals surface area contributed by atoms with Gasteiger partial charge in [0.05, 0.1) is 13.2 Å². The fourth-order valence-electron chi connectivity index (χ4n) is 1.17. The third-order valence-electron chi connectivity index (χ3n) is 1.95. The van der Waals surface area contributed by atoms with Crippen LogP contribution in [-0.4, -0.2) is 25.9 Å². The molecule has 2 rings (SSSR count). The molecule has 0 amide bonds. The van der Waals surface area contributed by atoms with Gasteiger partial charge in [-0.15, -0.1) is 0 Å². The Kier molecular flexibility index (Phi) is 2.89. The van der Waals surface area contributed by atoms with E-state index in [9.17, 15) is 0 Å². The van der Waals surface area contributed by atoms with Crippen molar-refractivity contribution in [3.8, 4) is 11.5 Å². The van der Waals surface area contributed by atoms with Crippen molar-refractivity contribution >= 4 is 0 Å². The summed E-state index contributed by atoms with van der Waals surface area (Å²) in [7, 11) is 0. The smallest absolute Gasteiger partial charge is 0.123 e. The molecule has 0 aromatic heterocycles. The van der Waals surface area contributed by atoms with Gasteiger partial charge >= 0.3 is 0 Å². The highest BCUT2D eigenvalue weighted by Gasteiger charge is 2.22. The first-order chi connectivity index (χ1) is 6.88. The van der Waals surface area contributed by atoms with Gasteiger partial charge in [0.15, 0.2) is 0 Å². The predicted molar refractivity (Wildman–Crippen MR) is 52.8 cm³/mol. The molecule has 1 aliphatic heterocycles. The Morgan fingerprint density at radius 1 is 1.36 bits per heavy atom. The molecule has 0 saturated carbocycles. The standard InChI is InChI=1S/C11H14O3/c1-2-12-9-4-3-5-10(6-9)13-7-11-8-14-11/h3-6,11H,2,7-8H2,1H3. The van der Waals surface area contributed by atoms with Crippen LogP contribution in [0, 0.1) is 0 Å². The zero-order valence-electron chi connectivity index (χ0n) is 8.23. The Morgan fingerprint density at radius 3 is 2.71 bits per heavy atom. The van der Waals surface area contributed by atoms with Crippen molar-refractivity contribution in [1.29, 1.82) is 0 Å². The van der Waals surface area contributed by atoms with Crippen LogP contribution in [0.5, 0.6) is 11.5 Å². The van der Waals surface area contributed by atoms with E-state index in [1.165, 1.54) is 0 Å². The lowest BCUT2D eigenvalue weighted by molar-refractivity contribution is 0.261.